The summed E-state index contributed by atoms with van der Waals surface area (Å²) in [6, 6.07) is 15.7. The number of benzene rings is 2. The Kier molecular flexibility index (Phi) is 7.66. The molecule has 0 aliphatic carbocycles. The third-order valence-electron chi connectivity index (χ3n) is 6.31. The molecule has 0 saturated carbocycles. The number of rotatable bonds is 6. The van der Waals surface area contributed by atoms with Crippen LogP contribution >= 0.6 is 11.6 Å². The van der Waals surface area contributed by atoms with E-state index >= 15 is 0 Å². The number of anilines is 1. The largest absolute Gasteiger partial charge is 0.371 e. The lowest BCUT2D eigenvalue weighted by atomic mass is 10.0. The van der Waals surface area contributed by atoms with Crippen molar-refractivity contribution in [1.29, 1.82) is 0 Å². The fraction of sp³-hybridized carbons (Fsp3) is 0.440. The van der Waals surface area contributed by atoms with E-state index in [9.17, 15) is 9.59 Å². The monoisotopic (exact) mass is 454 g/mol. The van der Waals surface area contributed by atoms with Gasteiger partial charge < -0.3 is 20.9 Å². The summed E-state index contributed by atoms with van der Waals surface area (Å²) in [7, 11) is 0. The van der Waals surface area contributed by atoms with Gasteiger partial charge in [-0.05, 0) is 74.1 Å². The highest BCUT2D eigenvalue weighted by molar-refractivity contribution is 6.30. The second-order valence-electron chi connectivity index (χ2n) is 8.63. The molecule has 2 heterocycles. The van der Waals surface area contributed by atoms with E-state index in [4.69, 9.17) is 11.6 Å². The predicted molar refractivity (Wildman–Crippen MR) is 128 cm³/mol. The molecule has 32 heavy (non-hydrogen) atoms. The lowest BCUT2D eigenvalue weighted by Gasteiger charge is -2.34. The number of nitrogens with zero attached hydrogens (tertiary/aromatic N) is 1. The van der Waals surface area contributed by atoms with Crippen LogP contribution in [0.4, 0.5) is 5.69 Å². The molecule has 7 heteroatoms. The minimum absolute atomic E-state index is 0.0840. The summed E-state index contributed by atoms with van der Waals surface area (Å²) < 4.78 is 0. The van der Waals surface area contributed by atoms with E-state index in [2.05, 4.69) is 26.9 Å². The maximum Gasteiger partial charge on any atom is 0.251 e. The van der Waals surface area contributed by atoms with Gasteiger partial charge in [-0.2, -0.15) is 0 Å². The van der Waals surface area contributed by atoms with Crippen LogP contribution in [0.1, 0.15) is 48.0 Å². The van der Waals surface area contributed by atoms with E-state index in [1.165, 1.54) is 5.56 Å². The summed E-state index contributed by atoms with van der Waals surface area (Å²) in [5, 5.41) is 10.1. The van der Waals surface area contributed by atoms with Crippen LogP contribution in [-0.2, 0) is 11.3 Å². The topological polar surface area (TPSA) is 73.5 Å². The van der Waals surface area contributed by atoms with E-state index in [1.54, 1.807) is 0 Å². The number of hydrogen-bond donors (Lipinski definition) is 3. The van der Waals surface area contributed by atoms with Crippen LogP contribution in [0, 0.1) is 0 Å². The molecule has 2 fully saturated rings. The summed E-state index contributed by atoms with van der Waals surface area (Å²) in [4.78, 5) is 27.0. The molecule has 2 aliphatic rings. The SMILES string of the molecule is O=C(N[C@H]1CCCCNC1=O)c1ccc(N2CCC(NCc3cccc(Cl)c3)CC2)cc1. The Labute approximate surface area is 194 Å². The highest BCUT2D eigenvalue weighted by Crippen LogP contribution is 2.21. The van der Waals surface area contributed by atoms with Crippen molar-refractivity contribution < 1.29 is 9.59 Å². The third kappa shape index (κ3) is 6.02. The van der Waals surface area contributed by atoms with E-state index < -0.39 is 6.04 Å². The second kappa shape index (κ2) is 10.8. The molecule has 6 nitrogen and oxygen atoms in total. The standard InChI is InChI=1S/C25H31ClN4O2/c26-20-5-3-4-18(16-20)17-28-21-11-14-30(15-12-21)22-9-7-19(8-10-22)24(31)29-23-6-1-2-13-27-25(23)32/h3-5,7-10,16,21,23,28H,1-2,6,11-15,17H2,(H,27,32)(H,29,31)/t23-/m0/s1. The van der Waals surface area contributed by atoms with Gasteiger partial charge in [0.05, 0.1) is 0 Å². The van der Waals surface area contributed by atoms with Crippen LogP contribution in [0.25, 0.3) is 0 Å². The quantitative estimate of drug-likeness (QED) is 0.624. The maximum atomic E-state index is 12.6. The number of halogens is 1. The molecule has 0 radical (unpaired) electrons. The highest BCUT2D eigenvalue weighted by atomic mass is 35.5. The van der Waals surface area contributed by atoms with Gasteiger partial charge in [-0.25, -0.2) is 0 Å². The zero-order chi connectivity index (χ0) is 22.3. The summed E-state index contributed by atoms with van der Waals surface area (Å²) in [5.41, 5.74) is 2.92. The molecule has 1 atom stereocenters. The van der Waals surface area contributed by atoms with E-state index in [0.717, 1.165) is 56.0 Å². The lowest BCUT2D eigenvalue weighted by Crippen LogP contribution is -2.45. The third-order valence-corrected chi connectivity index (χ3v) is 6.55. The number of nitrogens with one attached hydrogen (secondary N) is 3. The molecule has 3 N–H and O–H groups in total. The molecule has 0 spiro atoms. The highest BCUT2D eigenvalue weighted by Gasteiger charge is 2.23. The molecule has 2 aromatic carbocycles. The molecule has 2 aliphatic heterocycles. The molecule has 0 aromatic heterocycles. The van der Waals surface area contributed by atoms with Gasteiger partial charge in [0.25, 0.3) is 5.91 Å². The fourth-order valence-electron chi connectivity index (χ4n) is 4.39. The Balaban J connectivity index is 1.25. The Morgan fingerprint density at radius 1 is 1.06 bits per heavy atom. The van der Waals surface area contributed by atoms with Gasteiger partial charge in [-0.3, -0.25) is 9.59 Å². The van der Waals surface area contributed by atoms with E-state index in [-0.39, 0.29) is 11.8 Å². The van der Waals surface area contributed by atoms with E-state index in [0.29, 0.717) is 24.6 Å². The van der Waals surface area contributed by atoms with Crippen molar-refractivity contribution in [3.63, 3.8) is 0 Å². The minimum Gasteiger partial charge on any atom is -0.371 e. The van der Waals surface area contributed by atoms with Crippen LogP contribution in [0.3, 0.4) is 0 Å². The zero-order valence-electron chi connectivity index (χ0n) is 18.3. The van der Waals surface area contributed by atoms with Crippen molar-refractivity contribution in [1.82, 2.24) is 16.0 Å². The van der Waals surface area contributed by atoms with Gasteiger partial charge >= 0.3 is 0 Å². The first-order chi connectivity index (χ1) is 15.6. The van der Waals surface area contributed by atoms with Crippen molar-refractivity contribution >= 4 is 29.1 Å². The number of piperidine rings is 1. The first-order valence-corrected chi connectivity index (χ1v) is 11.9. The van der Waals surface area contributed by atoms with Crippen molar-refractivity contribution in [2.24, 2.45) is 0 Å². The molecule has 0 unspecified atom stereocenters. The first kappa shape index (κ1) is 22.6. The average molecular weight is 455 g/mol. The fourth-order valence-corrected chi connectivity index (χ4v) is 4.61. The normalized spacial score (nSPS) is 19.8. The predicted octanol–water partition coefficient (Wildman–Crippen LogP) is 3.50. The van der Waals surface area contributed by atoms with Gasteiger partial charge in [-0.15, -0.1) is 0 Å². The smallest absolute Gasteiger partial charge is 0.251 e. The molecule has 2 amide bonds. The van der Waals surface area contributed by atoms with Crippen LogP contribution in [0.5, 0.6) is 0 Å². The van der Waals surface area contributed by atoms with Crippen LogP contribution < -0.4 is 20.9 Å². The number of hydrogen-bond acceptors (Lipinski definition) is 4. The van der Waals surface area contributed by atoms with Gasteiger partial charge in [0.15, 0.2) is 0 Å². The molecule has 2 saturated heterocycles. The van der Waals surface area contributed by atoms with Crippen LogP contribution in [0.15, 0.2) is 48.5 Å². The second-order valence-corrected chi connectivity index (χ2v) is 9.07. The Morgan fingerprint density at radius 2 is 1.84 bits per heavy atom. The van der Waals surface area contributed by atoms with Gasteiger partial charge in [0, 0.05) is 48.5 Å². The van der Waals surface area contributed by atoms with Crippen molar-refractivity contribution in [3.05, 3.63) is 64.7 Å². The van der Waals surface area contributed by atoms with Gasteiger partial charge in [0.2, 0.25) is 5.91 Å². The summed E-state index contributed by atoms with van der Waals surface area (Å²) >= 11 is 6.07. The maximum absolute atomic E-state index is 12.6. The average Bonchev–Trinajstić information content (AvgIpc) is 3.02. The number of carbonyl (C=O) groups excluding carboxylic acids is 2. The molecular formula is C25H31ClN4O2. The van der Waals surface area contributed by atoms with Crippen LogP contribution in [0.2, 0.25) is 5.02 Å². The number of carbonyl (C=O) groups is 2. The van der Waals surface area contributed by atoms with Gasteiger partial charge in [0.1, 0.15) is 6.04 Å². The Morgan fingerprint density at radius 3 is 2.59 bits per heavy atom. The summed E-state index contributed by atoms with van der Waals surface area (Å²) in [5.74, 6) is -0.276. The Hall–Kier alpha value is -2.57. The molecule has 170 valence electrons. The van der Waals surface area contributed by atoms with Crippen LogP contribution in [-0.4, -0.2) is 43.5 Å². The van der Waals surface area contributed by atoms with E-state index in [1.807, 2.05) is 42.5 Å². The zero-order valence-corrected chi connectivity index (χ0v) is 19.0. The van der Waals surface area contributed by atoms with Crippen molar-refractivity contribution in [2.75, 3.05) is 24.5 Å². The molecule has 0 bridgehead atoms. The van der Waals surface area contributed by atoms with Gasteiger partial charge in [-0.1, -0.05) is 23.7 Å². The lowest BCUT2D eigenvalue weighted by molar-refractivity contribution is -0.122. The Bertz CT molecular complexity index is 926. The van der Waals surface area contributed by atoms with Crippen molar-refractivity contribution in [3.8, 4) is 0 Å². The van der Waals surface area contributed by atoms with Crippen molar-refractivity contribution in [2.45, 2.75) is 50.7 Å². The number of amides is 2. The summed E-state index contributed by atoms with van der Waals surface area (Å²) in [6.07, 6.45) is 4.72. The minimum atomic E-state index is -0.442. The molecular weight excluding hydrogens is 424 g/mol. The molecule has 2 aromatic rings. The molecule has 4 rings (SSSR count). The first-order valence-electron chi connectivity index (χ1n) is 11.5. The summed E-state index contributed by atoms with van der Waals surface area (Å²) in [6.45, 7) is 3.46.